The van der Waals surface area contributed by atoms with Crippen molar-refractivity contribution in [1.29, 1.82) is 0 Å². The van der Waals surface area contributed by atoms with E-state index in [1.54, 1.807) is 11.8 Å². The minimum Gasteiger partial charge on any atom is -0.339 e. The van der Waals surface area contributed by atoms with Gasteiger partial charge in [0, 0.05) is 11.7 Å². The molecule has 4 nitrogen and oxygen atoms in total. The van der Waals surface area contributed by atoms with Gasteiger partial charge in [-0.1, -0.05) is 25.9 Å². The first-order valence-corrected chi connectivity index (χ1v) is 9.04. The Bertz CT molecular complexity index is 513. The lowest BCUT2D eigenvalue weighted by molar-refractivity contribution is -0.117. The molecule has 0 amide bonds. The van der Waals surface area contributed by atoms with E-state index in [2.05, 4.69) is 30.9 Å². The Morgan fingerprint density at radius 2 is 1.90 bits per heavy atom. The Hall–Kier alpha value is -0.840. The van der Waals surface area contributed by atoms with Gasteiger partial charge in [-0.25, -0.2) is 0 Å². The molecule has 21 heavy (non-hydrogen) atoms. The van der Waals surface area contributed by atoms with Gasteiger partial charge in [0.05, 0.1) is 5.75 Å². The molecular weight excluding hydrogens is 284 g/mol. The average Bonchev–Trinajstić information content (AvgIpc) is 3.06. The molecule has 1 aromatic heterocycles. The fourth-order valence-electron chi connectivity index (χ4n) is 3.45. The van der Waals surface area contributed by atoms with Crippen molar-refractivity contribution in [2.75, 3.05) is 11.5 Å². The predicted octanol–water partition coefficient (Wildman–Crippen LogP) is 3.79. The third-order valence-electron chi connectivity index (χ3n) is 4.99. The van der Waals surface area contributed by atoms with Gasteiger partial charge in [-0.3, -0.25) is 4.79 Å². The van der Waals surface area contributed by atoms with Crippen molar-refractivity contribution in [1.82, 2.24) is 10.1 Å². The number of carbonyl (C=O) groups is 1. The van der Waals surface area contributed by atoms with E-state index in [-0.39, 0.29) is 11.7 Å². The normalized spacial score (nSPS) is 30.8. The summed E-state index contributed by atoms with van der Waals surface area (Å²) in [6, 6.07) is 0. The van der Waals surface area contributed by atoms with Crippen LogP contribution in [0.25, 0.3) is 0 Å². The van der Waals surface area contributed by atoms with Crippen LogP contribution in [0.15, 0.2) is 4.52 Å². The van der Waals surface area contributed by atoms with Crippen LogP contribution < -0.4 is 0 Å². The van der Waals surface area contributed by atoms with E-state index in [0.29, 0.717) is 23.0 Å². The maximum atomic E-state index is 11.8. The van der Waals surface area contributed by atoms with E-state index in [1.165, 1.54) is 12.8 Å². The van der Waals surface area contributed by atoms with Gasteiger partial charge < -0.3 is 4.52 Å². The summed E-state index contributed by atoms with van der Waals surface area (Å²) in [5.74, 6) is 3.99. The number of nitrogens with zero attached hydrogens (tertiary/aromatic N) is 2. The molecule has 1 aliphatic heterocycles. The second-order valence-corrected chi connectivity index (χ2v) is 8.47. The van der Waals surface area contributed by atoms with E-state index < -0.39 is 0 Å². The zero-order valence-corrected chi connectivity index (χ0v) is 13.9. The Morgan fingerprint density at radius 3 is 2.48 bits per heavy atom. The molecule has 1 saturated heterocycles. The molecule has 5 heteroatoms. The molecule has 1 aromatic rings. The largest absolute Gasteiger partial charge is 0.339 e. The van der Waals surface area contributed by atoms with E-state index in [9.17, 15) is 4.79 Å². The standard InChI is InChI=1S/C16H24N2O2S/c1-16(2,3)11-6-4-10(5-7-11)14-17-15(20-18-14)12-8-21-9-13(12)19/h10-12H,4-9H2,1-3H3. The number of hydrogen-bond acceptors (Lipinski definition) is 5. The lowest BCUT2D eigenvalue weighted by atomic mass is 9.70. The molecule has 0 spiro atoms. The average molecular weight is 308 g/mol. The van der Waals surface area contributed by atoms with Crippen LogP contribution in [0.1, 0.15) is 70.0 Å². The fraction of sp³-hybridized carbons (Fsp3) is 0.812. The number of thioether (sulfide) groups is 1. The maximum Gasteiger partial charge on any atom is 0.238 e. The minimum atomic E-state index is -0.165. The summed E-state index contributed by atoms with van der Waals surface area (Å²) in [5.41, 5.74) is 0.390. The lowest BCUT2D eigenvalue weighted by Crippen LogP contribution is -2.25. The Morgan fingerprint density at radius 1 is 1.19 bits per heavy atom. The van der Waals surface area contributed by atoms with Crippen LogP contribution in [0.2, 0.25) is 0 Å². The predicted molar refractivity (Wildman–Crippen MR) is 83.5 cm³/mol. The van der Waals surface area contributed by atoms with Crippen LogP contribution >= 0.6 is 11.8 Å². The van der Waals surface area contributed by atoms with Gasteiger partial charge in [0.1, 0.15) is 5.92 Å². The molecule has 1 atom stereocenters. The van der Waals surface area contributed by atoms with Crippen LogP contribution in [0.5, 0.6) is 0 Å². The number of aromatic nitrogens is 2. The Balaban J connectivity index is 1.64. The highest BCUT2D eigenvalue weighted by Gasteiger charge is 2.35. The third kappa shape index (κ3) is 3.17. The molecule has 2 heterocycles. The molecule has 1 aliphatic carbocycles. The molecule has 0 bridgehead atoms. The van der Waals surface area contributed by atoms with E-state index >= 15 is 0 Å². The summed E-state index contributed by atoms with van der Waals surface area (Å²) in [4.78, 5) is 16.3. The number of Topliss-reactive ketones (excluding diaryl/α,β-unsaturated/α-hetero) is 1. The first kappa shape index (κ1) is 15.1. The second-order valence-electron chi connectivity index (χ2n) is 7.44. The monoisotopic (exact) mass is 308 g/mol. The summed E-state index contributed by atoms with van der Waals surface area (Å²) in [7, 11) is 0. The zero-order chi connectivity index (χ0) is 15.0. The highest BCUT2D eigenvalue weighted by Crippen LogP contribution is 2.42. The smallest absolute Gasteiger partial charge is 0.238 e. The van der Waals surface area contributed by atoms with Crippen molar-refractivity contribution in [2.24, 2.45) is 11.3 Å². The van der Waals surface area contributed by atoms with Crippen LogP contribution in [0.3, 0.4) is 0 Å². The highest BCUT2D eigenvalue weighted by molar-refractivity contribution is 8.00. The van der Waals surface area contributed by atoms with Crippen LogP contribution in [0, 0.1) is 11.3 Å². The van der Waals surface area contributed by atoms with E-state index in [1.807, 2.05) is 0 Å². The summed E-state index contributed by atoms with van der Waals surface area (Å²) in [6.07, 6.45) is 4.73. The van der Waals surface area contributed by atoms with Crippen molar-refractivity contribution >= 4 is 17.5 Å². The fourth-order valence-corrected chi connectivity index (χ4v) is 4.54. The molecule has 2 aliphatic rings. The molecule has 0 N–H and O–H groups in total. The van der Waals surface area contributed by atoms with Crippen LogP contribution in [0.4, 0.5) is 0 Å². The quantitative estimate of drug-likeness (QED) is 0.832. The van der Waals surface area contributed by atoms with Gasteiger partial charge >= 0.3 is 0 Å². The maximum absolute atomic E-state index is 11.8. The number of ketones is 1. The molecule has 1 unspecified atom stereocenters. The molecule has 0 radical (unpaired) electrons. The number of rotatable bonds is 2. The summed E-state index contributed by atoms with van der Waals surface area (Å²) < 4.78 is 5.37. The number of hydrogen-bond donors (Lipinski definition) is 0. The zero-order valence-electron chi connectivity index (χ0n) is 13.1. The lowest BCUT2D eigenvalue weighted by Gasteiger charge is -2.36. The minimum absolute atomic E-state index is 0.165. The van der Waals surface area contributed by atoms with Crippen LogP contribution in [-0.4, -0.2) is 27.4 Å². The summed E-state index contributed by atoms with van der Waals surface area (Å²) in [6.45, 7) is 6.98. The Kier molecular flexibility index (Phi) is 4.12. The van der Waals surface area contributed by atoms with E-state index in [4.69, 9.17) is 4.52 Å². The van der Waals surface area contributed by atoms with Gasteiger partial charge in [0.25, 0.3) is 0 Å². The van der Waals surface area contributed by atoms with Crippen molar-refractivity contribution < 1.29 is 9.32 Å². The van der Waals surface area contributed by atoms with Gasteiger partial charge in [-0.05, 0) is 37.0 Å². The summed E-state index contributed by atoms with van der Waals surface area (Å²) >= 11 is 1.66. The highest BCUT2D eigenvalue weighted by atomic mass is 32.2. The van der Waals surface area contributed by atoms with E-state index in [0.717, 1.165) is 30.3 Å². The molecule has 2 fully saturated rings. The van der Waals surface area contributed by atoms with Gasteiger partial charge in [-0.15, -0.1) is 0 Å². The second kappa shape index (κ2) is 5.75. The molecule has 0 aromatic carbocycles. The van der Waals surface area contributed by atoms with Crippen molar-refractivity contribution in [3.05, 3.63) is 11.7 Å². The third-order valence-corrected chi connectivity index (χ3v) is 6.05. The number of carbonyl (C=O) groups excluding carboxylic acids is 1. The first-order valence-electron chi connectivity index (χ1n) is 7.89. The Labute approximate surface area is 130 Å². The molecular formula is C16H24N2O2S. The molecule has 3 rings (SSSR count). The molecule has 1 saturated carbocycles. The van der Waals surface area contributed by atoms with Gasteiger partial charge in [0.2, 0.25) is 5.89 Å². The topological polar surface area (TPSA) is 56.0 Å². The van der Waals surface area contributed by atoms with Gasteiger partial charge in [0.15, 0.2) is 11.6 Å². The SMILES string of the molecule is CC(C)(C)C1CCC(c2noc(C3CSCC3=O)n2)CC1. The van der Waals surface area contributed by atoms with Crippen LogP contribution in [-0.2, 0) is 4.79 Å². The first-order chi connectivity index (χ1) is 9.95. The van der Waals surface area contributed by atoms with Crippen molar-refractivity contribution in [2.45, 2.75) is 58.3 Å². The van der Waals surface area contributed by atoms with Crippen molar-refractivity contribution in [3.8, 4) is 0 Å². The van der Waals surface area contributed by atoms with Gasteiger partial charge in [-0.2, -0.15) is 16.7 Å². The molecule has 116 valence electrons. The summed E-state index contributed by atoms with van der Waals surface area (Å²) in [5, 5.41) is 4.16. The van der Waals surface area contributed by atoms with Crippen molar-refractivity contribution in [3.63, 3.8) is 0 Å².